The van der Waals surface area contributed by atoms with Crippen molar-refractivity contribution in [2.24, 2.45) is 7.05 Å². The van der Waals surface area contributed by atoms with Crippen molar-refractivity contribution in [3.63, 3.8) is 0 Å². The average molecular weight is 379 g/mol. The number of nitriles is 1. The van der Waals surface area contributed by atoms with Crippen LogP contribution in [0, 0.1) is 32.1 Å². The van der Waals surface area contributed by atoms with Gasteiger partial charge in [0.2, 0.25) is 0 Å². The lowest BCUT2D eigenvalue weighted by atomic mass is 10.00. The normalized spacial score (nSPS) is 10.7. The smallest absolute Gasteiger partial charge is 0.101 e. The molecule has 1 aromatic heterocycles. The van der Waals surface area contributed by atoms with E-state index in [1.807, 2.05) is 30.8 Å². The number of nitrogens with zero attached hydrogens (tertiary/aromatic N) is 4. The molecule has 138 valence electrons. The number of aromatic nitrogens is 2. The quantitative estimate of drug-likeness (QED) is 0.585. The molecule has 27 heavy (non-hydrogen) atoms. The Morgan fingerprint density at radius 2 is 1.89 bits per heavy atom. The fourth-order valence-corrected chi connectivity index (χ4v) is 3.72. The van der Waals surface area contributed by atoms with E-state index in [0.717, 1.165) is 34.9 Å². The highest BCUT2D eigenvalue weighted by Crippen LogP contribution is 2.35. The second kappa shape index (κ2) is 7.46. The standard InChI is InChI=1S/C22H23ClN4/c1-6-27(19-10-9-18(13-24)20(23)12-19)21-11-17(8-7-14(21)2)22-15(3)25-26(5)16(22)4/h7-12H,6H2,1-5H3. The van der Waals surface area contributed by atoms with Crippen LogP contribution in [0.1, 0.15) is 29.4 Å². The molecule has 5 heteroatoms. The van der Waals surface area contributed by atoms with Crippen molar-refractivity contribution in [2.45, 2.75) is 27.7 Å². The summed E-state index contributed by atoms with van der Waals surface area (Å²) in [4.78, 5) is 2.22. The van der Waals surface area contributed by atoms with Gasteiger partial charge < -0.3 is 4.90 Å². The zero-order chi connectivity index (χ0) is 19.7. The van der Waals surface area contributed by atoms with Crippen LogP contribution in [-0.4, -0.2) is 16.3 Å². The van der Waals surface area contributed by atoms with Crippen molar-refractivity contribution in [1.82, 2.24) is 9.78 Å². The van der Waals surface area contributed by atoms with Gasteiger partial charge in [0.25, 0.3) is 0 Å². The zero-order valence-corrected chi connectivity index (χ0v) is 17.1. The van der Waals surface area contributed by atoms with Crippen LogP contribution in [0.15, 0.2) is 36.4 Å². The van der Waals surface area contributed by atoms with Crippen molar-refractivity contribution in [1.29, 1.82) is 5.26 Å². The first kappa shape index (κ1) is 19.0. The topological polar surface area (TPSA) is 44.9 Å². The molecule has 0 bridgehead atoms. The number of hydrogen-bond donors (Lipinski definition) is 0. The number of benzene rings is 2. The highest BCUT2D eigenvalue weighted by molar-refractivity contribution is 6.32. The van der Waals surface area contributed by atoms with Gasteiger partial charge in [0.05, 0.1) is 16.3 Å². The molecule has 0 saturated carbocycles. The SMILES string of the molecule is CCN(c1ccc(C#N)c(Cl)c1)c1cc(-c2c(C)nn(C)c2C)ccc1C. The molecule has 0 aliphatic carbocycles. The third-order valence-electron chi connectivity index (χ3n) is 5.00. The molecular weight excluding hydrogens is 356 g/mol. The Balaban J connectivity index is 2.12. The molecule has 0 N–H and O–H groups in total. The molecule has 0 fully saturated rings. The van der Waals surface area contributed by atoms with Crippen molar-refractivity contribution in [3.05, 3.63) is 63.9 Å². The van der Waals surface area contributed by atoms with Gasteiger partial charge in [-0.05, 0) is 63.1 Å². The average Bonchev–Trinajstić information content (AvgIpc) is 2.89. The molecule has 0 amide bonds. The van der Waals surface area contributed by atoms with Crippen LogP contribution in [0.3, 0.4) is 0 Å². The Hall–Kier alpha value is -2.77. The minimum Gasteiger partial charge on any atom is -0.341 e. The summed E-state index contributed by atoms with van der Waals surface area (Å²) in [5.41, 5.74) is 8.26. The van der Waals surface area contributed by atoms with Gasteiger partial charge in [0.15, 0.2) is 0 Å². The van der Waals surface area contributed by atoms with E-state index in [1.54, 1.807) is 6.07 Å². The molecule has 0 saturated heterocycles. The number of aryl methyl sites for hydroxylation is 3. The third-order valence-corrected chi connectivity index (χ3v) is 5.31. The first-order valence-electron chi connectivity index (χ1n) is 8.95. The largest absolute Gasteiger partial charge is 0.341 e. The predicted molar refractivity (Wildman–Crippen MR) is 112 cm³/mol. The summed E-state index contributed by atoms with van der Waals surface area (Å²) in [5, 5.41) is 14.1. The Morgan fingerprint density at radius 3 is 2.44 bits per heavy atom. The zero-order valence-electron chi connectivity index (χ0n) is 16.3. The second-order valence-corrected chi connectivity index (χ2v) is 7.10. The summed E-state index contributed by atoms with van der Waals surface area (Å²) in [6, 6.07) is 14.2. The number of anilines is 2. The van der Waals surface area contributed by atoms with Crippen molar-refractivity contribution < 1.29 is 0 Å². The van der Waals surface area contributed by atoms with Crippen molar-refractivity contribution >= 4 is 23.0 Å². The van der Waals surface area contributed by atoms with Gasteiger partial charge in [-0.2, -0.15) is 10.4 Å². The van der Waals surface area contributed by atoms with Crippen LogP contribution in [0.2, 0.25) is 5.02 Å². The van der Waals surface area contributed by atoms with Crippen molar-refractivity contribution in [3.8, 4) is 17.2 Å². The van der Waals surface area contributed by atoms with E-state index in [0.29, 0.717) is 10.6 Å². The molecule has 1 heterocycles. The number of halogens is 1. The molecule has 0 spiro atoms. The van der Waals surface area contributed by atoms with Gasteiger partial charge in [0.1, 0.15) is 6.07 Å². The minimum absolute atomic E-state index is 0.473. The second-order valence-electron chi connectivity index (χ2n) is 6.69. The maximum Gasteiger partial charge on any atom is 0.101 e. The third kappa shape index (κ3) is 3.43. The maximum absolute atomic E-state index is 9.13. The lowest BCUT2D eigenvalue weighted by Gasteiger charge is -2.26. The van der Waals surface area contributed by atoms with Gasteiger partial charge in [-0.1, -0.05) is 23.7 Å². The fourth-order valence-electron chi connectivity index (χ4n) is 3.50. The predicted octanol–water partition coefficient (Wildman–Crippen LogP) is 5.70. The molecule has 0 radical (unpaired) electrons. The Morgan fingerprint density at radius 1 is 1.15 bits per heavy atom. The van der Waals surface area contributed by atoms with Crippen LogP contribution < -0.4 is 4.90 Å². The summed E-state index contributed by atoms with van der Waals surface area (Å²) in [6.45, 7) is 9.14. The lowest BCUT2D eigenvalue weighted by Crippen LogP contribution is -2.17. The highest BCUT2D eigenvalue weighted by Gasteiger charge is 2.16. The Labute approximate surface area is 165 Å². The molecular formula is C22H23ClN4. The monoisotopic (exact) mass is 378 g/mol. The molecule has 3 rings (SSSR count). The number of rotatable bonds is 4. The first-order chi connectivity index (χ1) is 12.9. The molecule has 0 aliphatic rings. The fraction of sp³-hybridized carbons (Fsp3) is 0.273. The van der Waals surface area contributed by atoms with E-state index in [4.69, 9.17) is 16.9 Å². The molecule has 4 nitrogen and oxygen atoms in total. The maximum atomic E-state index is 9.13. The minimum atomic E-state index is 0.473. The lowest BCUT2D eigenvalue weighted by molar-refractivity contribution is 0.731. The van der Waals surface area contributed by atoms with Crippen LogP contribution >= 0.6 is 11.6 Å². The van der Waals surface area contributed by atoms with E-state index in [1.165, 1.54) is 11.1 Å². The van der Waals surface area contributed by atoms with Crippen LogP contribution in [0.25, 0.3) is 11.1 Å². The van der Waals surface area contributed by atoms with Crippen LogP contribution in [0.4, 0.5) is 11.4 Å². The molecule has 3 aromatic rings. The molecule has 2 aromatic carbocycles. The summed E-state index contributed by atoms with van der Waals surface area (Å²) in [7, 11) is 1.97. The van der Waals surface area contributed by atoms with Gasteiger partial charge in [-0.3, -0.25) is 4.68 Å². The Bertz CT molecular complexity index is 1040. The van der Waals surface area contributed by atoms with Crippen molar-refractivity contribution in [2.75, 3.05) is 11.4 Å². The van der Waals surface area contributed by atoms with Gasteiger partial charge in [-0.25, -0.2) is 0 Å². The van der Waals surface area contributed by atoms with Gasteiger partial charge in [0, 0.05) is 36.2 Å². The van der Waals surface area contributed by atoms with E-state index in [9.17, 15) is 0 Å². The van der Waals surface area contributed by atoms with E-state index in [-0.39, 0.29) is 0 Å². The first-order valence-corrected chi connectivity index (χ1v) is 9.33. The molecule has 0 unspecified atom stereocenters. The summed E-state index contributed by atoms with van der Waals surface area (Å²) in [6.07, 6.45) is 0. The molecule has 0 atom stereocenters. The summed E-state index contributed by atoms with van der Waals surface area (Å²) < 4.78 is 1.92. The van der Waals surface area contributed by atoms with Gasteiger partial charge >= 0.3 is 0 Å². The van der Waals surface area contributed by atoms with E-state index < -0.39 is 0 Å². The Kier molecular flexibility index (Phi) is 5.25. The highest BCUT2D eigenvalue weighted by atomic mass is 35.5. The molecule has 0 aliphatic heterocycles. The van der Waals surface area contributed by atoms with Crippen LogP contribution in [-0.2, 0) is 7.05 Å². The number of hydrogen-bond acceptors (Lipinski definition) is 3. The van der Waals surface area contributed by atoms with E-state index >= 15 is 0 Å². The summed E-state index contributed by atoms with van der Waals surface area (Å²) in [5.74, 6) is 0. The van der Waals surface area contributed by atoms with Gasteiger partial charge in [-0.15, -0.1) is 0 Å². The summed E-state index contributed by atoms with van der Waals surface area (Å²) >= 11 is 6.27. The van der Waals surface area contributed by atoms with E-state index in [2.05, 4.69) is 55.0 Å². The van der Waals surface area contributed by atoms with Crippen LogP contribution in [0.5, 0.6) is 0 Å².